The second kappa shape index (κ2) is 3.04. The van der Waals surface area contributed by atoms with Crippen LogP contribution in [0.4, 0.5) is 0 Å². The summed E-state index contributed by atoms with van der Waals surface area (Å²) in [6.07, 6.45) is 0. The van der Waals surface area contributed by atoms with Crippen molar-refractivity contribution in [1.82, 2.24) is 0 Å². The van der Waals surface area contributed by atoms with Crippen LogP contribution in [0.25, 0.3) is 5.76 Å². The van der Waals surface area contributed by atoms with Crippen LogP contribution in [-0.4, -0.2) is 5.97 Å². The van der Waals surface area contributed by atoms with Crippen molar-refractivity contribution in [3.05, 3.63) is 41.5 Å². The lowest BCUT2D eigenvalue weighted by molar-refractivity contribution is 0.0716. The Morgan fingerprint density at radius 2 is 2.14 bits per heavy atom. The van der Waals surface area contributed by atoms with Gasteiger partial charge in [-0.25, -0.2) is 4.79 Å². The molecule has 1 heterocycles. The Kier molecular flexibility index (Phi) is 1.86. The predicted molar refractivity (Wildman–Crippen MR) is 53.4 cm³/mol. The number of hydrogen-bond donors (Lipinski definition) is 0. The van der Waals surface area contributed by atoms with E-state index in [0.29, 0.717) is 11.3 Å². The molecule has 0 radical (unpaired) electrons. The van der Waals surface area contributed by atoms with Crippen molar-refractivity contribution in [3.8, 4) is 11.8 Å². The summed E-state index contributed by atoms with van der Waals surface area (Å²) in [5.74, 6) is 5.79. The number of hydrogen-bond acceptors (Lipinski definition) is 2. The molecule has 0 aliphatic carbocycles. The molecule has 0 aromatic heterocycles. The second-order valence-electron chi connectivity index (χ2n) is 2.95. The van der Waals surface area contributed by atoms with Crippen LogP contribution in [0, 0.1) is 11.8 Å². The van der Waals surface area contributed by atoms with Gasteiger partial charge in [0.1, 0.15) is 5.76 Å². The van der Waals surface area contributed by atoms with Crippen molar-refractivity contribution in [1.29, 1.82) is 0 Å². The van der Waals surface area contributed by atoms with Crippen LogP contribution < -0.4 is 0 Å². The van der Waals surface area contributed by atoms with Crippen LogP contribution in [0.2, 0.25) is 0 Å². The quantitative estimate of drug-likeness (QED) is 0.456. The Balaban J connectivity index is 2.59. The van der Waals surface area contributed by atoms with Gasteiger partial charge in [-0.15, -0.1) is 5.92 Å². The maximum atomic E-state index is 11.2. The molecule has 0 amide bonds. The SMILES string of the molecule is C=C1OC(=O)c2ccc(C#CC)cc21. The van der Waals surface area contributed by atoms with Crippen LogP contribution >= 0.6 is 0 Å². The van der Waals surface area contributed by atoms with E-state index in [9.17, 15) is 4.79 Å². The van der Waals surface area contributed by atoms with Gasteiger partial charge in [0, 0.05) is 11.1 Å². The van der Waals surface area contributed by atoms with Gasteiger partial charge in [-0.05, 0) is 25.1 Å². The molecule has 2 nitrogen and oxygen atoms in total. The van der Waals surface area contributed by atoms with E-state index < -0.39 is 0 Å². The molecular formula is C12H8O2. The fourth-order valence-corrected chi connectivity index (χ4v) is 1.40. The highest BCUT2D eigenvalue weighted by Crippen LogP contribution is 2.28. The zero-order valence-corrected chi connectivity index (χ0v) is 7.76. The minimum Gasteiger partial charge on any atom is -0.423 e. The molecule has 0 bridgehead atoms. The van der Waals surface area contributed by atoms with Gasteiger partial charge in [0.25, 0.3) is 0 Å². The van der Waals surface area contributed by atoms with Crippen LogP contribution in [0.15, 0.2) is 24.8 Å². The van der Waals surface area contributed by atoms with E-state index in [1.165, 1.54) is 0 Å². The molecule has 2 rings (SSSR count). The lowest BCUT2D eigenvalue weighted by atomic mass is 10.1. The number of esters is 1. The Morgan fingerprint density at radius 1 is 1.36 bits per heavy atom. The lowest BCUT2D eigenvalue weighted by Gasteiger charge is -1.95. The molecule has 1 aliphatic heterocycles. The Morgan fingerprint density at radius 3 is 2.86 bits per heavy atom. The number of fused-ring (bicyclic) bond motifs is 1. The molecule has 1 aliphatic rings. The monoisotopic (exact) mass is 184 g/mol. The largest absolute Gasteiger partial charge is 0.423 e. The molecule has 14 heavy (non-hydrogen) atoms. The third kappa shape index (κ3) is 1.20. The normalized spacial score (nSPS) is 12.9. The zero-order valence-electron chi connectivity index (χ0n) is 7.76. The Labute approximate surface area is 82.2 Å². The summed E-state index contributed by atoms with van der Waals surface area (Å²) < 4.78 is 4.88. The molecular weight excluding hydrogens is 176 g/mol. The van der Waals surface area contributed by atoms with Gasteiger partial charge in [-0.1, -0.05) is 12.5 Å². The number of carbonyl (C=O) groups excluding carboxylic acids is 1. The van der Waals surface area contributed by atoms with E-state index in [1.54, 1.807) is 19.1 Å². The van der Waals surface area contributed by atoms with Gasteiger partial charge in [-0.2, -0.15) is 0 Å². The standard InChI is InChI=1S/C12H8O2/c1-3-4-9-5-6-10-11(7-9)8(2)14-12(10)13/h5-7H,2H2,1H3. The molecule has 0 N–H and O–H groups in total. The van der Waals surface area contributed by atoms with Crippen LogP contribution in [0.5, 0.6) is 0 Å². The average molecular weight is 184 g/mol. The zero-order chi connectivity index (χ0) is 10.1. The molecule has 0 saturated carbocycles. The van der Waals surface area contributed by atoms with E-state index in [4.69, 9.17) is 4.74 Å². The summed E-state index contributed by atoms with van der Waals surface area (Å²) in [5, 5.41) is 0. The van der Waals surface area contributed by atoms with E-state index in [1.807, 2.05) is 6.07 Å². The van der Waals surface area contributed by atoms with Gasteiger partial charge in [0.2, 0.25) is 0 Å². The topological polar surface area (TPSA) is 26.3 Å². The molecule has 68 valence electrons. The first-order valence-corrected chi connectivity index (χ1v) is 4.20. The van der Waals surface area contributed by atoms with Crippen molar-refractivity contribution < 1.29 is 9.53 Å². The van der Waals surface area contributed by atoms with E-state index >= 15 is 0 Å². The Bertz CT molecular complexity index is 487. The Hall–Kier alpha value is -2.01. The lowest BCUT2D eigenvalue weighted by Crippen LogP contribution is -1.92. The number of rotatable bonds is 0. The van der Waals surface area contributed by atoms with Crippen LogP contribution in [0.1, 0.15) is 28.4 Å². The summed E-state index contributed by atoms with van der Waals surface area (Å²) in [4.78, 5) is 11.2. The smallest absolute Gasteiger partial charge is 0.344 e. The predicted octanol–water partition coefficient (Wildman–Crippen LogP) is 2.20. The summed E-state index contributed by atoms with van der Waals surface area (Å²) in [5.41, 5.74) is 2.18. The van der Waals surface area contributed by atoms with Gasteiger partial charge in [0.15, 0.2) is 0 Å². The maximum absolute atomic E-state index is 11.2. The number of cyclic esters (lactones) is 1. The first-order chi connectivity index (χ1) is 6.72. The highest BCUT2D eigenvalue weighted by Gasteiger charge is 2.24. The van der Waals surface area contributed by atoms with E-state index in [0.717, 1.165) is 11.1 Å². The van der Waals surface area contributed by atoms with Gasteiger partial charge in [0.05, 0.1) is 5.56 Å². The van der Waals surface area contributed by atoms with Crippen molar-refractivity contribution in [2.45, 2.75) is 6.92 Å². The first-order valence-electron chi connectivity index (χ1n) is 4.20. The number of carbonyl (C=O) groups is 1. The van der Waals surface area contributed by atoms with E-state index in [-0.39, 0.29) is 5.97 Å². The third-order valence-electron chi connectivity index (χ3n) is 2.03. The first kappa shape index (κ1) is 8.58. The number of ether oxygens (including phenoxy) is 1. The van der Waals surface area contributed by atoms with Gasteiger partial charge < -0.3 is 4.74 Å². The summed E-state index contributed by atoms with van der Waals surface area (Å²) in [6, 6.07) is 5.34. The molecule has 0 saturated heterocycles. The van der Waals surface area contributed by atoms with Crippen LogP contribution in [-0.2, 0) is 4.74 Å². The minimum absolute atomic E-state index is 0.332. The second-order valence-corrected chi connectivity index (χ2v) is 2.95. The molecule has 0 unspecified atom stereocenters. The van der Waals surface area contributed by atoms with Crippen molar-refractivity contribution >= 4 is 11.7 Å². The maximum Gasteiger partial charge on any atom is 0.344 e. The van der Waals surface area contributed by atoms with Gasteiger partial charge in [-0.3, -0.25) is 0 Å². The molecule has 1 aromatic carbocycles. The van der Waals surface area contributed by atoms with Crippen molar-refractivity contribution in [2.75, 3.05) is 0 Å². The van der Waals surface area contributed by atoms with E-state index in [2.05, 4.69) is 18.4 Å². The highest BCUT2D eigenvalue weighted by atomic mass is 16.5. The summed E-state index contributed by atoms with van der Waals surface area (Å²) in [6.45, 7) is 5.42. The average Bonchev–Trinajstić information content (AvgIpc) is 2.43. The molecule has 0 fully saturated rings. The van der Waals surface area contributed by atoms with Crippen molar-refractivity contribution in [3.63, 3.8) is 0 Å². The summed E-state index contributed by atoms with van der Waals surface area (Å²) in [7, 11) is 0. The molecule has 0 spiro atoms. The molecule has 0 atom stereocenters. The number of benzene rings is 1. The molecule has 1 aromatic rings. The molecule has 2 heteroatoms. The van der Waals surface area contributed by atoms with Crippen LogP contribution in [0.3, 0.4) is 0 Å². The van der Waals surface area contributed by atoms with Gasteiger partial charge >= 0.3 is 5.97 Å². The third-order valence-corrected chi connectivity index (χ3v) is 2.03. The van der Waals surface area contributed by atoms with Crippen molar-refractivity contribution in [2.24, 2.45) is 0 Å². The fraction of sp³-hybridized carbons (Fsp3) is 0.0833. The fourth-order valence-electron chi connectivity index (χ4n) is 1.40. The highest BCUT2D eigenvalue weighted by molar-refractivity contribution is 6.02. The minimum atomic E-state index is -0.332. The summed E-state index contributed by atoms with van der Waals surface area (Å²) >= 11 is 0.